The second-order valence-corrected chi connectivity index (χ2v) is 5.19. The Hall–Kier alpha value is -1.35. The van der Waals surface area contributed by atoms with Crippen molar-refractivity contribution in [2.45, 2.75) is 39.8 Å². The fraction of sp³-hybridized carbons (Fsp3) is 0.533. The summed E-state index contributed by atoms with van der Waals surface area (Å²) in [6.07, 6.45) is 0. The van der Waals surface area contributed by atoms with E-state index in [0.717, 1.165) is 0 Å². The van der Waals surface area contributed by atoms with Crippen LogP contribution in [-0.4, -0.2) is 30.9 Å². The highest BCUT2D eigenvalue weighted by molar-refractivity contribution is 5.80. The third kappa shape index (κ3) is 3.57. The molecule has 0 radical (unpaired) electrons. The molecule has 0 heterocycles. The maximum atomic E-state index is 11.8. The average Bonchev–Trinajstić information content (AvgIpc) is 2.31. The maximum Gasteiger partial charge on any atom is 0.238 e. The minimum absolute atomic E-state index is 0.102. The number of carbonyl (C=O) groups excluding carboxylic acids is 1. The number of nitrogens with zero attached hydrogens (tertiary/aromatic N) is 1. The molecule has 0 fully saturated rings. The number of aryl methyl sites for hydroxylation is 2. The summed E-state index contributed by atoms with van der Waals surface area (Å²) in [6.45, 7) is 8.21. The maximum absolute atomic E-state index is 11.8. The monoisotopic (exact) mass is 248 g/mol. The van der Waals surface area contributed by atoms with Crippen LogP contribution in [-0.2, 0) is 4.79 Å². The van der Waals surface area contributed by atoms with Crippen LogP contribution < -0.4 is 5.32 Å². The second kappa shape index (κ2) is 6.01. The molecule has 0 aliphatic heterocycles. The number of benzene rings is 1. The summed E-state index contributed by atoms with van der Waals surface area (Å²) >= 11 is 0. The lowest BCUT2D eigenvalue weighted by atomic mass is 10.0. The molecule has 1 rings (SSSR count). The van der Waals surface area contributed by atoms with Gasteiger partial charge in [0.2, 0.25) is 5.91 Å². The summed E-state index contributed by atoms with van der Waals surface area (Å²) in [6, 6.07) is 6.42. The van der Waals surface area contributed by atoms with Crippen LogP contribution in [0.3, 0.4) is 0 Å². The zero-order valence-corrected chi connectivity index (χ0v) is 12.2. The van der Waals surface area contributed by atoms with E-state index in [9.17, 15) is 4.79 Å². The van der Waals surface area contributed by atoms with Crippen LogP contribution in [0.2, 0.25) is 0 Å². The molecule has 0 saturated carbocycles. The van der Waals surface area contributed by atoms with Crippen molar-refractivity contribution >= 4 is 5.91 Å². The number of amides is 1. The first kappa shape index (κ1) is 14.7. The average molecular weight is 248 g/mol. The summed E-state index contributed by atoms with van der Waals surface area (Å²) < 4.78 is 0. The Morgan fingerprint density at radius 1 is 1.17 bits per heavy atom. The fourth-order valence-corrected chi connectivity index (χ4v) is 1.96. The second-order valence-electron chi connectivity index (χ2n) is 5.19. The van der Waals surface area contributed by atoms with Gasteiger partial charge in [-0.2, -0.15) is 0 Å². The lowest BCUT2D eigenvalue weighted by Crippen LogP contribution is -2.42. The Morgan fingerprint density at radius 3 is 2.28 bits per heavy atom. The summed E-state index contributed by atoms with van der Waals surface area (Å²) in [5, 5.41) is 3.33. The van der Waals surface area contributed by atoms with Gasteiger partial charge in [-0.25, -0.2) is 0 Å². The van der Waals surface area contributed by atoms with Crippen molar-refractivity contribution in [1.29, 1.82) is 0 Å². The molecule has 18 heavy (non-hydrogen) atoms. The van der Waals surface area contributed by atoms with Gasteiger partial charge < -0.3 is 4.90 Å². The zero-order chi connectivity index (χ0) is 13.9. The van der Waals surface area contributed by atoms with E-state index in [0.29, 0.717) is 0 Å². The van der Waals surface area contributed by atoms with Gasteiger partial charge in [-0.05, 0) is 44.4 Å². The molecular formula is C15H24N2O. The number of hydrogen-bond donors (Lipinski definition) is 1. The van der Waals surface area contributed by atoms with E-state index in [-0.39, 0.29) is 18.0 Å². The molecule has 1 aromatic rings. The van der Waals surface area contributed by atoms with Crippen LogP contribution in [0.15, 0.2) is 18.2 Å². The van der Waals surface area contributed by atoms with Crippen LogP contribution >= 0.6 is 0 Å². The minimum atomic E-state index is -0.170. The number of hydrogen-bond acceptors (Lipinski definition) is 2. The Morgan fingerprint density at radius 2 is 1.78 bits per heavy atom. The van der Waals surface area contributed by atoms with Crippen LogP contribution in [0, 0.1) is 13.8 Å². The largest absolute Gasteiger partial charge is 0.347 e. The predicted octanol–water partition coefficient (Wildman–Crippen LogP) is 2.43. The van der Waals surface area contributed by atoms with Crippen molar-refractivity contribution in [2.75, 3.05) is 14.1 Å². The smallest absolute Gasteiger partial charge is 0.238 e. The van der Waals surface area contributed by atoms with Gasteiger partial charge in [-0.15, -0.1) is 0 Å². The van der Waals surface area contributed by atoms with Gasteiger partial charge in [0, 0.05) is 20.1 Å². The molecule has 1 N–H and O–H groups in total. The van der Waals surface area contributed by atoms with Crippen LogP contribution in [0.5, 0.6) is 0 Å². The van der Waals surface area contributed by atoms with Gasteiger partial charge in [0.25, 0.3) is 0 Å². The lowest BCUT2D eigenvalue weighted by Gasteiger charge is -2.23. The number of rotatable bonds is 4. The molecule has 0 aromatic heterocycles. The quantitative estimate of drug-likeness (QED) is 0.887. The Bertz CT molecular complexity index is 427. The van der Waals surface area contributed by atoms with E-state index >= 15 is 0 Å². The van der Waals surface area contributed by atoms with Gasteiger partial charge in [-0.1, -0.05) is 18.2 Å². The highest BCUT2D eigenvalue weighted by atomic mass is 16.2. The van der Waals surface area contributed by atoms with Crippen molar-refractivity contribution < 1.29 is 4.79 Å². The molecule has 2 atom stereocenters. The molecule has 3 nitrogen and oxygen atoms in total. The Kier molecular flexibility index (Phi) is 4.91. The molecule has 1 aromatic carbocycles. The normalized spacial score (nSPS) is 14.1. The van der Waals surface area contributed by atoms with Crippen molar-refractivity contribution in [2.24, 2.45) is 0 Å². The van der Waals surface area contributed by atoms with E-state index in [1.54, 1.807) is 19.0 Å². The van der Waals surface area contributed by atoms with Crippen LogP contribution in [0.25, 0.3) is 0 Å². The van der Waals surface area contributed by atoms with Gasteiger partial charge in [0.15, 0.2) is 0 Å². The first-order valence-corrected chi connectivity index (χ1v) is 6.37. The molecule has 1 amide bonds. The number of carbonyl (C=O) groups is 1. The topological polar surface area (TPSA) is 32.3 Å². The van der Waals surface area contributed by atoms with Crippen LogP contribution in [0.4, 0.5) is 0 Å². The van der Waals surface area contributed by atoms with E-state index in [4.69, 9.17) is 0 Å². The molecule has 0 bridgehead atoms. The molecule has 100 valence electrons. The first-order valence-electron chi connectivity index (χ1n) is 6.37. The van der Waals surface area contributed by atoms with Gasteiger partial charge in [0.05, 0.1) is 6.04 Å². The molecule has 3 heteroatoms. The Balaban J connectivity index is 2.73. The van der Waals surface area contributed by atoms with E-state index in [1.807, 2.05) is 6.92 Å². The van der Waals surface area contributed by atoms with E-state index in [2.05, 4.69) is 44.3 Å². The SMILES string of the molecule is Cc1ccc(C(C)NC(C)C(=O)N(C)C)cc1C. The molecule has 0 spiro atoms. The lowest BCUT2D eigenvalue weighted by molar-refractivity contribution is -0.130. The van der Waals surface area contributed by atoms with Gasteiger partial charge >= 0.3 is 0 Å². The number of nitrogens with one attached hydrogen (secondary N) is 1. The summed E-state index contributed by atoms with van der Waals surface area (Å²) in [5.74, 6) is 0.102. The van der Waals surface area contributed by atoms with Crippen LogP contribution in [0.1, 0.15) is 36.6 Å². The molecule has 2 unspecified atom stereocenters. The fourth-order valence-electron chi connectivity index (χ4n) is 1.96. The third-order valence-corrected chi connectivity index (χ3v) is 3.34. The molecule has 0 aliphatic carbocycles. The highest BCUT2D eigenvalue weighted by Gasteiger charge is 2.17. The van der Waals surface area contributed by atoms with E-state index in [1.165, 1.54) is 16.7 Å². The van der Waals surface area contributed by atoms with Crippen molar-refractivity contribution in [3.63, 3.8) is 0 Å². The highest BCUT2D eigenvalue weighted by Crippen LogP contribution is 2.17. The predicted molar refractivity (Wildman–Crippen MR) is 75.6 cm³/mol. The summed E-state index contributed by atoms with van der Waals surface area (Å²) in [7, 11) is 3.56. The molecular weight excluding hydrogens is 224 g/mol. The summed E-state index contributed by atoms with van der Waals surface area (Å²) in [4.78, 5) is 13.4. The van der Waals surface area contributed by atoms with Crippen molar-refractivity contribution in [3.8, 4) is 0 Å². The minimum Gasteiger partial charge on any atom is -0.347 e. The van der Waals surface area contributed by atoms with Gasteiger partial charge in [-0.3, -0.25) is 10.1 Å². The van der Waals surface area contributed by atoms with Crippen molar-refractivity contribution in [3.05, 3.63) is 34.9 Å². The van der Waals surface area contributed by atoms with Gasteiger partial charge in [0.1, 0.15) is 0 Å². The van der Waals surface area contributed by atoms with E-state index < -0.39 is 0 Å². The Labute approximate surface area is 110 Å². The molecule has 0 aliphatic rings. The third-order valence-electron chi connectivity index (χ3n) is 3.34. The zero-order valence-electron chi connectivity index (χ0n) is 12.2. The first-order chi connectivity index (χ1) is 8.32. The number of likely N-dealkylation sites (N-methyl/N-ethyl adjacent to an activating group) is 1. The van der Waals surface area contributed by atoms with Crippen molar-refractivity contribution in [1.82, 2.24) is 10.2 Å². The molecule has 0 saturated heterocycles. The standard InChI is InChI=1S/C15H24N2O/c1-10-7-8-14(9-11(10)2)12(3)16-13(4)15(18)17(5)6/h7-9,12-13,16H,1-6H3. The summed E-state index contributed by atoms with van der Waals surface area (Å²) in [5.41, 5.74) is 3.80.